The zero-order valence-corrected chi connectivity index (χ0v) is 12.1. The van der Waals surface area contributed by atoms with Gasteiger partial charge in [-0.25, -0.2) is 0 Å². The fraction of sp³-hybridized carbons (Fsp3) is 0.250. The Morgan fingerprint density at radius 2 is 1.95 bits per heavy atom. The van der Waals surface area contributed by atoms with E-state index in [4.69, 9.17) is 4.52 Å². The monoisotopic (exact) mass is 272 g/mol. The maximum absolute atomic E-state index is 12.3. The molecule has 1 aliphatic heterocycles. The van der Waals surface area contributed by atoms with Crippen molar-refractivity contribution in [2.75, 3.05) is 0 Å². The molecule has 2 atom stereocenters. The van der Waals surface area contributed by atoms with Crippen LogP contribution in [0, 0.1) is 0 Å². The molecule has 0 fully saturated rings. The van der Waals surface area contributed by atoms with Gasteiger partial charge in [0.15, 0.2) is 0 Å². The minimum atomic E-state index is -2.17. The molecule has 0 aromatic heterocycles. The summed E-state index contributed by atoms with van der Waals surface area (Å²) >= 11 is 0. The topological polar surface area (TPSA) is 26.3 Å². The predicted molar refractivity (Wildman–Crippen MR) is 79.8 cm³/mol. The van der Waals surface area contributed by atoms with E-state index in [1.165, 1.54) is 5.56 Å². The van der Waals surface area contributed by atoms with Gasteiger partial charge in [-0.15, -0.1) is 0 Å². The summed E-state index contributed by atoms with van der Waals surface area (Å²) in [6.45, 7) is 4.36. The van der Waals surface area contributed by atoms with Crippen molar-refractivity contribution in [3.8, 4) is 16.9 Å². The summed E-state index contributed by atoms with van der Waals surface area (Å²) < 4.78 is 17.8. The molecule has 19 heavy (non-hydrogen) atoms. The van der Waals surface area contributed by atoms with Gasteiger partial charge in [0, 0.05) is 5.56 Å². The molecule has 0 saturated carbocycles. The normalized spacial score (nSPS) is 18.1. The van der Waals surface area contributed by atoms with Gasteiger partial charge in [0.2, 0.25) is 0 Å². The Balaban J connectivity index is 2.17. The van der Waals surface area contributed by atoms with E-state index in [9.17, 15) is 4.57 Å². The van der Waals surface area contributed by atoms with E-state index in [1.807, 2.05) is 24.3 Å². The number of benzene rings is 2. The van der Waals surface area contributed by atoms with Gasteiger partial charge in [-0.3, -0.25) is 4.57 Å². The van der Waals surface area contributed by atoms with Crippen LogP contribution in [0.1, 0.15) is 31.7 Å². The minimum absolute atomic E-state index is 0.484. The van der Waals surface area contributed by atoms with Crippen LogP contribution in [0.4, 0.5) is 0 Å². The highest BCUT2D eigenvalue weighted by Crippen LogP contribution is 2.42. The first-order chi connectivity index (χ1) is 9.20. The Kier molecular flexibility index (Phi) is 3.20. The summed E-state index contributed by atoms with van der Waals surface area (Å²) in [6, 6.07) is 14.1. The minimum Gasteiger partial charge on any atom is -0.441 e. The lowest BCUT2D eigenvalue weighted by atomic mass is 9.95. The standard InChI is InChI=1S/C16H17O2P/c1-3-11(2)12-8-9-14-13-6-4-5-7-15(13)18-19(17)16(14)10-12/h4-11,19H,3H2,1-2H3. The molecule has 3 heteroatoms. The maximum Gasteiger partial charge on any atom is 0.266 e. The highest BCUT2D eigenvalue weighted by molar-refractivity contribution is 7.49. The van der Waals surface area contributed by atoms with Crippen molar-refractivity contribution in [1.29, 1.82) is 0 Å². The van der Waals surface area contributed by atoms with Crippen molar-refractivity contribution in [1.82, 2.24) is 0 Å². The smallest absolute Gasteiger partial charge is 0.266 e. The molecule has 2 aromatic carbocycles. The molecule has 0 radical (unpaired) electrons. The third kappa shape index (κ3) is 2.11. The molecule has 2 nitrogen and oxygen atoms in total. The summed E-state index contributed by atoms with van der Waals surface area (Å²) in [7, 11) is -2.17. The van der Waals surface area contributed by atoms with Gasteiger partial charge < -0.3 is 4.52 Å². The first-order valence-electron chi connectivity index (χ1n) is 6.66. The van der Waals surface area contributed by atoms with Gasteiger partial charge in [-0.05, 0) is 35.6 Å². The van der Waals surface area contributed by atoms with Crippen molar-refractivity contribution in [2.24, 2.45) is 0 Å². The summed E-state index contributed by atoms with van der Waals surface area (Å²) in [5.41, 5.74) is 3.33. The zero-order valence-electron chi connectivity index (χ0n) is 11.1. The van der Waals surface area contributed by atoms with E-state index in [0.717, 1.165) is 28.6 Å². The molecule has 0 amide bonds. The number of rotatable bonds is 2. The SMILES string of the molecule is CCC(C)c1ccc2c(c1)[PH](=O)Oc1ccccc1-2. The number of fused-ring (bicyclic) bond motifs is 3. The molecular formula is C16H17O2P. The van der Waals surface area contributed by atoms with Gasteiger partial charge in [0.05, 0.1) is 5.30 Å². The number of hydrogen-bond acceptors (Lipinski definition) is 2. The van der Waals surface area contributed by atoms with Crippen LogP contribution < -0.4 is 9.83 Å². The van der Waals surface area contributed by atoms with Crippen LogP contribution >= 0.6 is 8.03 Å². The van der Waals surface area contributed by atoms with Crippen molar-refractivity contribution in [3.63, 3.8) is 0 Å². The largest absolute Gasteiger partial charge is 0.441 e. The fourth-order valence-corrected chi connectivity index (χ4v) is 3.65. The van der Waals surface area contributed by atoms with E-state index in [1.54, 1.807) is 0 Å². The van der Waals surface area contributed by atoms with E-state index < -0.39 is 8.03 Å². The second-order valence-corrected chi connectivity index (χ2v) is 6.32. The first-order valence-corrected chi connectivity index (χ1v) is 7.98. The molecular weight excluding hydrogens is 255 g/mol. The third-order valence-corrected chi connectivity index (χ3v) is 5.08. The van der Waals surface area contributed by atoms with Crippen molar-refractivity contribution < 1.29 is 9.09 Å². The lowest BCUT2D eigenvalue weighted by molar-refractivity contribution is 0.513. The lowest BCUT2D eigenvalue weighted by Gasteiger charge is -2.21. The molecule has 0 saturated heterocycles. The van der Waals surface area contributed by atoms with Crippen LogP contribution in [0.15, 0.2) is 42.5 Å². The first kappa shape index (κ1) is 12.5. The van der Waals surface area contributed by atoms with Gasteiger partial charge in [0.25, 0.3) is 8.03 Å². The van der Waals surface area contributed by atoms with Gasteiger partial charge in [0.1, 0.15) is 5.75 Å². The summed E-state index contributed by atoms with van der Waals surface area (Å²) in [5, 5.41) is 0.863. The molecule has 2 unspecified atom stereocenters. The molecule has 2 aromatic rings. The molecule has 3 rings (SSSR count). The quantitative estimate of drug-likeness (QED) is 0.759. The number of para-hydroxylation sites is 1. The van der Waals surface area contributed by atoms with Gasteiger partial charge in [-0.1, -0.05) is 44.2 Å². The van der Waals surface area contributed by atoms with E-state index in [2.05, 4.69) is 32.0 Å². The Morgan fingerprint density at radius 1 is 1.16 bits per heavy atom. The molecule has 0 bridgehead atoms. The Labute approximate surface area is 114 Å². The predicted octanol–water partition coefficient (Wildman–Crippen LogP) is 4.36. The highest BCUT2D eigenvalue weighted by Gasteiger charge is 2.22. The average molecular weight is 272 g/mol. The summed E-state index contributed by atoms with van der Waals surface area (Å²) in [5.74, 6) is 1.22. The third-order valence-electron chi connectivity index (χ3n) is 3.82. The fourth-order valence-electron chi connectivity index (χ4n) is 2.44. The highest BCUT2D eigenvalue weighted by atomic mass is 31.1. The average Bonchev–Trinajstić information content (AvgIpc) is 2.46. The van der Waals surface area contributed by atoms with Crippen molar-refractivity contribution in [2.45, 2.75) is 26.2 Å². The number of hydrogen-bond donors (Lipinski definition) is 0. The molecule has 0 aliphatic carbocycles. The molecule has 98 valence electrons. The van der Waals surface area contributed by atoms with Crippen LogP contribution in [0.25, 0.3) is 11.1 Å². The van der Waals surface area contributed by atoms with E-state index in [0.29, 0.717) is 5.92 Å². The lowest BCUT2D eigenvalue weighted by Crippen LogP contribution is -2.12. The summed E-state index contributed by atoms with van der Waals surface area (Å²) in [6.07, 6.45) is 1.08. The molecule has 0 N–H and O–H groups in total. The molecule has 0 spiro atoms. The van der Waals surface area contributed by atoms with E-state index in [-0.39, 0.29) is 0 Å². The van der Waals surface area contributed by atoms with Gasteiger partial charge >= 0.3 is 0 Å². The van der Waals surface area contributed by atoms with Crippen LogP contribution in [0.5, 0.6) is 5.75 Å². The van der Waals surface area contributed by atoms with Crippen LogP contribution in [0.3, 0.4) is 0 Å². The second-order valence-electron chi connectivity index (χ2n) is 5.00. The van der Waals surface area contributed by atoms with Crippen LogP contribution in [-0.2, 0) is 4.57 Å². The Bertz CT molecular complexity index is 649. The van der Waals surface area contributed by atoms with Crippen LogP contribution in [0.2, 0.25) is 0 Å². The maximum atomic E-state index is 12.3. The molecule has 1 aliphatic rings. The zero-order chi connectivity index (χ0) is 13.4. The van der Waals surface area contributed by atoms with E-state index >= 15 is 0 Å². The van der Waals surface area contributed by atoms with Gasteiger partial charge in [-0.2, -0.15) is 0 Å². The van der Waals surface area contributed by atoms with Crippen molar-refractivity contribution in [3.05, 3.63) is 48.0 Å². The Morgan fingerprint density at radius 3 is 2.74 bits per heavy atom. The summed E-state index contributed by atoms with van der Waals surface area (Å²) in [4.78, 5) is 0. The molecule has 1 heterocycles. The Hall–Kier alpha value is -1.53. The van der Waals surface area contributed by atoms with Crippen molar-refractivity contribution >= 4 is 13.3 Å². The second kappa shape index (κ2) is 4.86. The van der Waals surface area contributed by atoms with Crippen LogP contribution in [-0.4, -0.2) is 0 Å².